The molecule has 2 heteroatoms. The number of Topliss-reactive ketones (excluding diaryl/α,β-unsaturated/α-hetero) is 1. The molecule has 1 saturated carbocycles. The van der Waals surface area contributed by atoms with E-state index in [9.17, 15) is 4.79 Å². The molecule has 2 rings (SSSR count). The maximum absolute atomic E-state index is 11.2. The highest BCUT2D eigenvalue weighted by molar-refractivity contribution is 5.88. The Kier molecular flexibility index (Phi) is 1.37. The van der Waals surface area contributed by atoms with Crippen LogP contribution >= 0.6 is 0 Å². The van der Waals surface area contributed by atoms with E-state index in [0.29, 0.717) is 11.7 Å². The van der Waals surface area contributed by atoms with Gasteiger partial charge in [-0.1, -0.05) is 13.8 Å². The fourth-order valence-electron chi connectivity index (χ4n) is 2.11. The van der Waals surface area contributed by atoms with Gasteiger partial charge in [0.2, 0.25) is 0 Å². The number of carbonyl (C=O) groups excluding carboxylic acids is 1. The van der Waals surface area contributed by atoms with Gasteiger partial charge in [-0.15, -0.1) is 0 Å². The number of carbonyl (C=O) groups is 1. The van der Waals surface area contributed by atoms with Gasteiger partial charge in [0.25, 0.3) is 0 Å². The van der Waals surface area contributed by atoms with Crippen LogP contribution in [0.15, 0.2) is 0 Å². The van der Waals surface area contributed by atoms with Crippen LogP contribution in [0, 0.1) is 5.92 Å². The molecule has 1 aliphatic heterocycles. The minimum Gasteiger partial charge on any atom is -0.357 e. The molecule has 2 fully saturated rings. The number of ketones is 1. The summed E-state index contributed by atoms with van der Waals surface area (Å²) in [4.78, 5) is 11.2. The molecule has 0 spiro atoms. The van der Waals surface area contributed by atoms with Crippen molar-refractivity contribution in [1.29, 1.82) is 0 Å². The lowest BCUT2D eigenvalue weighted by Crippen LogP contribution is -2.30. The molecule has 1 saturated heterocycles. The summed E-state index contributed by atoms with van der Waals surface area (Å²) in [5, 5.41) is 0. The lowest BCUT2D eigenvalue weighted by atomic mass is 9.81. The Balaban J connectivity index is 2.14. The predicted molar refractivity (Wildman–Crippen MR) is 41.3 cm³/mol. The van der Waals surface area contributed by atoms with Crippen molar-refractivity contribution in [3.05, 3.63) is 0 Å². The Bertz CT molecular complexity index is 198. The third kappa shape index (κ3) is 0.853. The van der Waals surface area contributed by atoms with E-state index in [1.165, 1.54) is 0 Å². The zero-order valence-corrected chi connectivity index (χ0v) is 7.09. The quantitative estimate of drug-likeness (QED) is 0.536. The van der Waals surface area contributed by atoms with Gasteiger partial charge in [-0.25, -0.2) is 0 Å². The van der Waals surface area contributed by atoms with E-state index in [0.717, 1.165) is 19.3 Å². The SMILES string of the molecule is CC(C)[C@]12CCCC(=O)C1O2. The van der Waals surface area contributed by atoms with E-state index in [1.807, 2.05) is 0 Å². The van der Waals surface area contributed by atoms with E-state index < -0.39 is 0 Å². The molecular formula is C9H14O2. The molecule has 0 bridgehead atoms. The second-order valence-corrected chi connectivity index (χ2v) is 3.93. The summed E-state index contributed by atoms with van der Waals surface area (Å²) >= 11 is 0. The van der Waals surface area contributed by atoms with E-state index in [-0.39, 0.29) is 11.7 Å². The van der Waals surface area contributed by atoms with Crippen molar-refractivity contribution in [2.75, 3.05) is 0 Å². The summed E-state index contributed by atoms with van der Waals surface area (Å²) < 4.78 is 5.49. The first kappa shape index (κ1) is 7.29. The highest BCUT2D eigenvalue weighted by Crippen LogP contribution is 2.50. The smallest absolute Gasteiger partial charge is 0.164 e. The first-order valence-corrected chi connectivity index (χ1v) is 4.37. The van der Waals surface area contributed by atoms with E-state index in [4.69, 9.17) is 4.74 Å². The second kappa shape index (κ2) is 2.07. The highest BCUT2D eigenvalue weighted by Gasteiger charge is 2.63. The lowest BCUT2D eigenvalue weighted by Gasteiger charge is -2.19. The minimum atomic E-state index is -0.0324. The molecule has 0 N–H and O–H groups in total. The molecule has 0 aromatic carbocycles. The largest absolute Gasteiger partial charge is 0.357 e. The van der Waals surface area contributed by atoms with Crippen molar-refractivity contribution < 1.29 is 9.53 Å². The summed E-state index contributed by atoms with van der Waals surface area (Å²) in [7, 11) is 0. The van der Waals surface area contributed by atoms with Crippen LogP contribution in [0.25, 0.3) is 0 Å². The maximum atomic E-state index is 11.2. The van der Waals surface area contributed by atoms with Gasteiger partial charge in [-0.3, -0.25) is 4.79 Å². The molecule has 0 amide bonds. The third-order valence-electron chi connectivity index (χ3n) is 2.98. The summed E-state index contributed by atoms with van der Waals surface area (Å²) in [5.41, 5.74) is -0.0324. The molecule has 62 valence electrons. The van der Waals surface area contributed by atoms with Crippen LogP contribution in [-0.4, -0.2) is 17.5 Å². The molecule has 1 unspecified atom stereocenters. The van der Waals surface area contributed by atoms with Crippen LogP contribution in [0.4, 0.5) is 0 Å². The van der Waals surface area contributed by atoms with Crippen LogP contribution in [0.5, 0.6) is 0 Å². The molecule has 2 atom stereocenters. The topological polar surface area (TPSA) is 29.6 Å². The van der Waals surface area contributed by atoms with E-state index in [2.05, 4.69) is 13.8 Å². The Morgan fingerprint density at radius 2 is 2.36 bits per heavy atom. The molecule has 2 aliphatic rings. The predicted octanol–water partition coefficient (Wildman–Crippen LogP) is 1.53. The van der Waals surface area contributed by atoms with Gasteiger partial charge in [0, 0.05) is 6.42 Å². The van der Waals surface area contributed by atoms with Crippen molar-refractivity contribution in [2.24, 2.45) is 5.92 Å². The highest BCUT2D eigenvalue weighted by atomic mass is 16.6. The average molecular weight is 154 g/mol. The van der Waals surface area contributed by atoms with Crippen LogP contribution in [0.3, 0.4) is 0 Å². The van der Waals surface area contributed by atoms with Crippen LogP contribution in [0.1, 0.15) is 33.1 Å². The van der Waals surface area contributed by atoms with E-state index in [1.54, 1.807) is 0 Å². The molecule has 2 nitrogen and oxygen atoms in total. The van der Waals surface area contributed by atoms with Gasteiger partial charge < -0.3 is 4.74 Å². The number of hydrogen-bond acceptors (Lipinski definition) is 2. The molecule has 0 aromatic heterocycles. The number of fused-ring (bicyclic) bond motifs is 1. The van der Waals surface area contributed by atoms with Gasteiger partial charge in [0.1, 0.15) is 11.7 Å². The molecule has 1 heterocycles. The van der Waals surface area contributed by atoms with Crippen LogP contribution < -0.4 is 0 Å². The first-order chi connectivity index (χ1) is 5.17. The van der Waals surface area contributed by atoms with Gasteiger partial charge in [-0.05, 0) is 18.8 Å². The monoisotopic (exact) mass is 154 g/mol. The van der Waals surface area contributed by atoms with Crippen molar-refractivity contribution in [1.82, 2.24) is 0 Å². The van der Waals surface area contributed by atoms with Crippen molar-refractivity contribution in [3.8, 4) is 0 Å². The summed E-state index contributed by atoms with van der Waals surface area (Å²) in [6, 6.07) is 0. The number of ether oxygens (including phenoxy) is 1. The Labute approximate surface area is 66.9 Å². The Hall–Kier alpha value is -0.370. The zero-order chi connectivity index (χ0) is 8.06. The fourth-order valence-corrected chi connectivity index (χ4v) is 2.11. The van der Waals surface area contributed by atoms with Crippen LogP contribution in [0.2, 0.25) is 0 Å². The third-order valence-corrected chi connectivity index (χ3v) is 2.98. The number of rotatable bonds is 1. The average Bonchev–Trinajstić information content (AvgIpc) is 2.64. The summed E-state index contributed by atoms with van der Waals surface area (Å²) in [6.45, 7) is 4.28. The summed E-state index contributed by atoms with van der Waals surface area (Å²) in [6.07, 6.45) is 2.81. The Morgan fingerprint density at radius 3 is 2.91 bits per heavy atom. The standard InChI is InChI=1S/C9H14O2/c1-6(2)9-5-3-4-7(10)8(9)11-9/h6,8H,3-5H2,1-2H3/t8?,9-/m1/s1. The van der Waals surface area contributed by atoms with Gasteiger partial charge >= 0.3 is 0 Å². The zero-order valence-electron chi connectivity index (χ0n) is 7.09. The van der Waals surface area contributed by atoms with E-state index >= 15 is 0 Å². The van der Waals surface area contributed by atoms with Gasteiger partial charge in [0.05, 0.1) is 0 Å². The number of hydrogen-bond donors (Lipinski definition) is 0. The maximum Gasteiger partial charge on any atom is 0.164 e. The van der Waals surface area contributed by atoms with Crippen LogP contribution in [-0.2, 0) is 9.53 Å². The van der Waals surface area contributed by atoms with Gasteiger partial charge in [0.15, 0.2) is 5.78 Å². The van der Waals surface area contributed by atoms with Crippen molar-refractivity contribution in [3.63, 3.8) is 0 Å². The summed E-state index contributed by atoms with van der Waals surface area (Å²) in [5.74, 6) is 0.821. The van der Waals surface area contributed by atoms with Gasteiger partial charge in [-0.2, -0.15) is 0 Å². The molecule has 11 heavy (non-hydrogen) atoms. The van der Waals surface area contributed by atoms with Crippen molar-refractivity contribution >= 4 is 5.78 Å². The first-order valence-electron chi connectivity index (χ1n) is 4.37. The minimum absolute atomic E-state index is 0.0313. The normalized spacial score (nSPS) is 42.5. The molecule has 0 aromatic rings. The number of epoxide rings is 1. The second-order valence-electron chi connectivity index (χ2n) is 3.93. The lowest BCUT2D eigenvalue weighted by molar-refractivity contribution is -0.120. The molecule has 1 aliphatic carbocycles. The van der Waals surface area contributed by atoms with Crippen molar-refractivity contribution in [2.45, 2.75) is 44.8 Å². The molecule has 0 radical (unpaired) electrons. The molecular weight excluding hydrogens is 140 g/mol. The fraction of sp³-hybridized carbons (Fsp3) is 0.889. The Morgan fingerprint density at radius 1 is 1.64 bits per heavy atom.